The molecular formula is C14H7FINO2. The van der Waals surface area contributed by atoms with Crippen molar-refractivity contribution >= 4 is 33.5 Å². The topological polar surface area (TPSA) is 43.1 Å². The van der Waals surface area contributed by atoms with E-state index < -0.39 is 11.4 Å². The van der Waals surface area contributed by atoms with Crippen molar-refractivity contribution in [2.75, 3.05) is 0 Å². The van der Waals surface area contributed by atoms with E-state index in [1.165, 1.54) is 12.1 Å². The number of benzene rings is 2. The van der Waals surface area contributed by atoms with E-state index in [2.05, 4.69) is 27.6 Å². The molecule has 0 saturated heterocycles. The second kappa shape index (κ2) is 4.73. The Hall–Kier alpha value is -1.76. The highest BCUT2D eigenvalue weighted by atomic mass is 127. The Kier molecular flexibility index (Phi) is 3.06. The third-order valence-corrected chi connectivity index (χ3v) is 3.33. The van der Waals surface area contributed by atoms with Crippen molar-refractivity contribution in [1.82, 2.24) is 4.98 Å². The van der Waals surface area contributed by atoms with Gasteiger partial charge in [0.1, 0.15) is 5.82 Å². The lowest BCUT2D eigenvalue weighted by Crippen LogP contribution is -2.03. The first-order valence-corrected chi connectivity index (χ1v) is 6.58. The molecule has 0 fully saturated rings. The summed E-state index contributed by atoms with van der Waals surface area (Å²) in [5.74, 6) is -0.275. The van der Waals surface area contributed by atoms with Gasteiger partial charge >= 0.3 is 5.63 Å². The van der Waals surface area contributed by atoms with Crippen LogP contribution >= 0.6 is 22.6 Å². The van der Waals surface area contributed by atoms with E-state index in [0.29, 0.717) is 16.5 Å². The van der Waals surface area contributed by atoms with Gasteiger partial charge in [0.2, 0.25) is 5.89 Å². The monoisotopic (exact) mass is 367 g/mol. The molecule has 0 aliphatic rings. The maximum absolute atomic E-state index is 13.2. The zero-order valence-corrected chi connectivity index (χ0v) is 11.7. The fraction of sp³-hybridized carbons (Fsp3) is 0. The number of aromatic nitrogens is 1. The molecule has 94 valence electrons. The molecule has 19 heavy (non-hydrogen) atoms. The van der Waals surface area contributed by atoms with Crippen LogP contribution in [0.5, 0.6) is 0 Å². The summed E-state index contributed by atoms with van der Waals surface area (Å²) < 4.78 is 19.2. The Labute approximate surface area is 121 Å². The fourth-order valence-corrected chi connectivity index (χ4v) is 2.28. The van der Waals surface area contributed by atoms with Crippen LogP contribution in [0, 0.1) is 9.39 Å². The number of nitrogens with zero attached hydrogens (tertiary/aromatic N) is 1. The summed E-state index contributed by atoms with van der Waals surface area (Å²) in [5, 5.41) is 0.423. The van der Waals surface area contributed by atoms with Gasteiger partial charge in [-0.15, -0.1) is 0 Å². The Morgan fingerprint density at radius 1 is 1.16 bits per heavy atom. The van der Waals surface area contributed by atoms with E-state index in [0.717, 1.165) is 3.57 Å². The third kappa shape index (κ3) is 2.37. The molecule has 0 radical (unpaired) electrons. The van der Waals surface area contributed by atoms with Gasteiger partial charge in [0.15, 0.2) is 0 Å². The van der Waals surface area contributed by atoms with E-state index in [1.54, 1.807) is 24.3 Å². The molecule has 3 aromatic rings. The minimum absolute atomic E-state index is 0.123. The molecule has 2 aromatic carbocycles. The number of hydrogen-bond acceptors (Lipinski definition) is 3. The van der Waals surface area contributed by atoms with Gasteiger partial charge < -0.3 is 4.42 Å². The molecule has 0 amide bonds. The highest BCUT2D eigenvalue weighted by Gasteiger charge is 2.09. The van der Waals surface area contributed by atoms with E-state index in [-0.39, 0.29) is 5.89 Å². The van der Waals surface area contributed by atoms with Crippen LogP contribution in [0.2, 0.25) is 0 Å². The van der Waals surface area contributed by atoms with Crippen LogP contribution in [0.15, 0.2) is 51.7 Å². The fourth-order valence-electron chi connectivity index (χ4n) is 1.79. The zero-order chi connectivity index (χ0) is 13.4. The summed E-state index contributed by atoms with van der Waals surface area (Å²) in [4.78, 5) is 16.2. The Bertz CT molecular complexity index is 829. The van der Waals surface area contributed by atoms with Gasteiger partial charge in [-0.25, -0.2) is 14.2 Å². The number of rotatable bonds is 1. The Morgan fingerprint density at radius 3 is 2.79 bits per heavy atom. The number of fused-ring (bicyclic) bond motifs is 1. The predicted octanol–water partition coefficient (Wildman–Crippen LogP) is 3.60. The number of halogens is 2. The molecule has 0 spiro atoms. The molecular weight excluding hydrogens is 360 g/mol. The smallest absolute Gasteiger partial charge is 0.347 e. The first-order chi connectivity index (χ1) is 9.13. The molecule has 0 N–H and O–H groups in total. The summed E-state index contributed by atoms with van der Waals surface area (Å²) >= 11 is 2.11. The van der Waals surface area contributed by atoms with Crippen molar-refractivity contribution in [2.45, 2.75) is 0 Å². The van der Waals surface area contributed by atoms with Crippen molar-refractivity contribution in [2.24, 2.45) is 0 Å². The predicted molar refractivity (Wildman–Crippen MR) is 78.4 cm³/mol. The highest BCUT2D eigenvalue weighted by molar-refractivity contribution is 14.1. The Balaban J connectivity index is 2.27. The third-order valence-electron chi connectivity index (χ3n) is 2.66. The SMILES string of the molecule is O=c1oc(-c2cccc(F)c2)nc2ccc(I)cc12. The summed E-state index contributed by atoms with van der Waals surface area (Å²) in [5.41, 5.74) is 0.510. The van der Waals surface area contributed by atoms with Crippen LogP contribution < -0.4 is 5.63 Å². The normalized spacial score (nSPS) is 10.8. The lowest BCUT2D eigenvalue weighted by molar-refractivity contribution is 0.517. The van der Waals surface area contributed by atoms with Gasteiger partial charge in [0.25, 0.3) is 0 Å². The van der Waals surface area contributed by atoms with Gasteiger partial charge in [0, 0.05) is 9.13 Å². The quantitative estimate of drug-likeness (QED) is 0.618. The highest BCUT2D eigenvalue weighted by Crippen LogP contribution is 2.20. The second-order valence-corrected chi connectivity index (χ2v) is 5.22. The molecule has 0 atom stereocenters. The molecule has 0 bridgehead atoms. The van der Waals surface area contributed by atoms with E-state index in [9.17, 15) is 9.18 Å². The summed E-state index contributed by atoms with van der Waals surface area (Å²) in [6, 6.07) is 11.1. The van der Waals surface area contributed by atoms with Crippen LogP contribution in [0.25, 0.3) is 22.4 Å². The first kappa shape index (κ1) is 12.3. The first-order valence-electron chi connectivity index (χ1n) is 5.50. The van der Waals surface area contributed by atoms with Crippen LogP contribution in [0.4, 0.5) is 4.39 Å². The molecule has 5 heteroatoms. The van der Waals surface area contributed by atoms with Crippen molar-refractivity contribution in [3.63, 3.8) is 0 Å². The van der Waals surface area contributed by atoms with Gasteiger partial charge in [-0.1, -0.05) is 6.07 Å². The van der Waals surface area contributed by atoms with Crippen LogP contribution in [0.1, 0.15) is 0 Å². The standard InChI is InChI=1S/C14H7FINO2/c15-9-3-1-2-8(6-9)13-17-12-5-4-10(16)7-11(12)14(18)19-13/h1-7H. The summed E-state index contributed by atoms with van der Waals surface area (Å²) in [7, 11) is 0. The second-order valence-electron chi connectivity index (χ2n) is 3.98. The minimum atomic E-state index is -0.470. The molecule has 3 rings (SSSR count). The van der Waals surface area contributed by atoms with Gasteiger partial charge in [-0.2, -0.15) is 0 Å². The zero-order valence-electron chi connectivity index (χ0n) is 9.56. The molecule has 1 aromatic heterocycles. The van der Waals surface area contributed by atoms with E-state index in [1.807, 2.05) is 6.07 Å². The lowest BCUT2D eigenvalue weighted by Gasteiger charge is -2.02. The van der Waals surface area contributed by atoms with Crippen LogP contribution in [-0.4, -0.2) is 4.98 Å². The summed E-state index contributed by atoms with van der Waals surface area (Å²) in [6.07, 6.45) is 0. The summed E-state index contributed by atoms with van der Waals surface area (Å²) in [6.45, 7) is 0. The van der Waals surface area contributed by atoms with Gasteiger partial charge in [0.05, 0.1) is 10.9 Å². The molecule has 0 saturated carbocycles. The van der Waals surface area contributed by atoms with Gasteiger partial charge in [-0.05, 0) is 59.0 Å². The van der Waals surface area contributed by atoms with Crippen molar-refractivity contribution in [1.29, 1.82) is 0 Å². The van der Waals surface area contributed by atoms with Crippen LogP contribution in [0.3, 0.4) is 0 Å². The average Bonchev–Trinajstić information content (AvgIpc) is 2.39. The lowest BCUT2D eigenvalue weighted by atomic mass is 10.2. The molecule has 0 unspecified atom stereocenters. The van der Waals surface area contributed by atoms with Crippen LogP contribution in [-0.2, 0) is 0 Å². The minimum Gasteiger partial charge on any atom is -0.403 e. The molecule has 0 aliphatic heterocycles. The van der Waals surface area contributed by atoms with Crippen molar-refractivity contribution in [3.8, 4) is 11.5 Å². The van der Waals surface area contributed by atoms with Crippen molar-refractivity contribution in [3.05, 3.63) is 62.3 Å². The van der Waals surface area contributed by atoms with E-state index in [4.69, 9.17) is 4.42 Å². The molecule has 1 heterocycles. The molecule has 3 nitrogen and oxygen atoms in total. The van der Waals surface area contributed by atoms with Gasteiger partial charge in [-0.3, -0.25) is 0 Å². The van der Waals surface area contributed by atoms with E-state index >= 15 is 0 Å². The Morgan fingerprint density at radius 2 is 2.00 bits per heavy atom. The molecule has 0 aliphatic carbocycles. The largest absolute Gasteiger partial charge is 0.403 e. The maximum Gasteiger partial charge on any atom is 0.347 e. The van der Waals surface area contributed by atoms with Crippen molar-refractivity contribution < 1.29 is 8.81 Å². The maximum atomic E-state index is 13.2. The number of hydrogen-bond donors (Lipinski definition) is 0. The average molecular weight is 367 g/mol.